The molecule has 4 rings (SSSR count). The first-order chi connectivity index (χ1) is 13.7. The van der Waals surface area contributed by atoms with E-state index in [9.17, 15) is 4.79 Å². The number of hydrogen-bond donors (Lipinski definition) is 1. The summed E-state index contributed by atoms with van der Waals surface area (Å²) in [7, 11) is 0. The van der Waals surface area contributed by atoms with E-state index in [1.807, 2.05) is 53.2 Å². The second-order valence-electron chi connectivity index (χ2n) is 6.40. The lowest BCUT2D eigenvalue weighted by atomic mass is 10.2. The van der Waals surface area contributed by atoms with Crippen LogP contribution in [0.25, 0.3) is 10.9 Å². The SMILES string of the molecule is O=C(NCCc1cncnc1)c1nn(Cc2ccc(Cl)cc2)c2ccccc12. The molecule has 0 spiro atoms. The quantitative estimate of drug-likeness (QED) is 0.546. The molecular formula is C21H18ClN5O. The summed E-state index contributed by atoms with van der Waals surface area (Å²) in [6.07, 6.45) is 5.64. The van der Waals surface area contributed by atoms with Gasteiger partial charge in [-0.3, -0.25) is 9.48 Å². The molecule has 0 fully saturated rings. The van der Waals surface area contributed by atoms with Gasteiger partial charge in [-0.15, -0.1) is 0 Å². The van der Waals surface area contributed by atoms with Gasteiger partial charge < -0.3 is 5.32 Å². The number of benzene rings is 2. The van der Waals surface area contributed by atoms with Gasteiger partial charge in [-0.2, -0.15) is 5.10 Å². The molecule has 140 valence electrons. The first-order valence-electron chi connectivity index (χ1n) is 8.93. The molecule has 0 saturated heterocycles. The Morgan fingerprint density at radius 2 is 1.75 bits per heavy atom. The summed E-state index contributed by atoms with van der Waals surface area (Å²) in [5.41, 5.74) is 3.38. The number of halogens is 1. The molecular weight excluding hydrogens is 374 g/mol. The van der Waals surface area contributed by atoms with Gasteiger partial charge >= 0.3 is 0 Å². The fourth-order valence-electron chi connectivity index (χ4n) is 3.04. The average molecular weight is 392 g/mol. The second kappa shape index (κ2) is 8.19. The minimum Gasteiger partial charge on any atom is -0.350 e. The van der Waals surface area contributed by atoms with Gasteiger partial charge in [0.05, 0.1) is 12.1 Å². The number of amides is 1. The van der Waals surface area contributed by atoms with Crippen molar-refractivity contribution < 1.29 is 4.79 Å². The van der Waals surface area contributed by atoms with Crippen LogP contribution in [-0.4, -0.2) is 32.2 Å². The normalized spacial score (nSPS) is 10.9. The number of nitrogens with one attached hydrogen (secondary N) is 1. The van der Waals surface area contributed by atoms with Crippen LogP contribution in [-0.2, 0) is 13.0 Å². The van der Waals surface area contributed by atoms with Crippen LogP contribution in [0.4, 0.5) is 0 Å². The smallest absolute Gasteiger partial charge is 0.272 e. The molecule has 7 heteroatoms. The Kier molecular flexibility index (Phi) is 5.30. The lowest BCUT2D eigenvalue weighted by Crippen LogP contribution is -2.26. The highest BCUT2D eigenvalue weighted by atomic mass is 35.5. The minimum atomic E-state index is -0.192. The van der Waals surface area contributed by atoms with E-state index in [1.165, 1.54) is 6.33 Å². The zero-order chi connectivity index (χ0) is 19.3. The maximum Gasteiger partial charge on any atom is 0.272 e. The van der Waals surface area contributed by atoms with Crippen LogP contribution in [0.2, 0.25) is 5.02 Å². The van der Waals surface area contributed by atoms with E-state index in [0.29, 0.717) is 30.2 Å². The molecule has 6 nitrogen and oxygen atoms in total. The van der Waals surface area contributed by atoms with Crippen LogP contribution in [0.5, 0.6) is 0 Å². The monoisotopic (exact) mass is 391 g/mol. The van der Waals surface area contributed by atoms with Gasteiger partial charge in [-0.25, -0.2) is 9.97 Å². The predicted octanol–water partition coefficient (Wildman–Crippen LogP) is 3.50. The number of nitrogens with zero attached hydrogens (tertiary/aromatic N) is 4. The zero-order valence-corrected chi connectivity index (χ0v) is 15.8. The lowest BCUT2D eigenvalue weighted by Gasteiger charge is -2.04. The first-order valence-corrected chi connectivity index (χ1v) is 9.30. The number of aromatic nitrogens is 4. The highest BCUT2D eigenvalue weighted by Gasteiger charge is 2.16. The number of rotatable bonds is 6. The van der Waals surface area contributed by atoms with Crippen molar-refractivity contribution in [2.45, 2.75) is 13.0 Å². The van der Waals surface area contributed by atoms with Gasteiger partial charge in [-0.05, 0) is 35.7 Å². The second-order valence-corrected chi connectivity index (χ2v) is 6.84. The Labute approximate surface area is 167 Å². The van der Waals surface area contributed by atoms with E-state index < -0.39 is 0 Å². The summed E-state index contributed by atoms with van der Waals surface area (Å²) in [6.45, 7) is 1.05. The van der Waals surface area contributed by atoms with Crippen molar-refractivity contribution in [3.05, 3.63) is 89.1 Å². The molecule has 0 radical (unpaired) electrons. The number of carbonyl (C=O) groups excluding carboxylic acids is 1. The van der Waals surface area contributed by atoms with Crippen molar-refractivity contribution in [2.75, 3.05) is 6.54 Å². The summed E-state index contributed by atoms with van der Waals surface area (Å²) in [5.74, 6) is -0.192. The van der Waals surface area contributed by atoms with Crippen molar-refractivity contribution in [3.63, 3.8) is 0 Å². The Bertz CT molecular complexity index is 1090. The molecule has 1 N–H and O–H groups in total. The van der Waals surface area contributed by atoms with Crippen LogP contribution in [0.15, 0.2) is 67.3 Å². The third-order valence-corrected chi connectivity index (χ3v) is 4.68. The molecule has 0 aliphatic rings. The molecule has 0 unspecified atom stereocenters. The van der Waals surface area contributed by atoms with E-state index in [1.54, 1.807) is 12.4 Å². The summed E-state index contributed by atoms with van der Waals surface area (Å²) in [6, 6.07) is 15.4. The van der Waals surface area contributed by atoms with Gasteiger partial charge in [0.15, 0.2) is 5.69 Å². The van der Waals surface area contributed by atoms with E-state index in [-0.39, 0.29) is 5.91 Å². The van der Waals surface area contributed by atoms with Gasteiger partial charge in [0.1, 0.15) is 6.33 Å². The molecule has 2 heterocycles. The van der Waals surface area contributed by atoms with E-state index >= 15 is 0 Å². The van der Waals surface area contributed by atoms with Crippen molar-refractivity contribution in [1.29, 1.82) is 0 Å². The van der Waals surface area contributed by atoms with Crippen molar-refractivity contribution in [2.24, 2.45) is 0 Å². The molecule has 0 bridgehead atoms. The maximum absolute atomic E-state index is 12.7. The molecule has 28 heavy (non-hydrogen) atoms. The van der Waals surface area contributed by atoms with E-state index in [0.717, 1.165) is 22.0 Å². The molecule has 2 aromatic heterocycles. The summed E-state index contributed by atoms with van der Waals surface area (Å²) in [5, 5.41) is 9.04. The van der Waals surface area contributed by atoms with Crippen LogP contribution >= 0.6 is 11.6 Å². The number of fused-ring (bicyclic) bond motifs is 1. The average Bonchev–Trinajstić information content (AvgIpc) is 3.09. The van der Waals surface area contributed by atoms with E-state index in [2.05, 4.69) is 20.4 Å². The fraction of sp³-hybridized carbons (Fsp3) is 0.143. The van der Waals surface area contributed by atoms with Crippen LogP contribution < -0.4 is 5.32 Å². The highest BCUT2D eigenvalue weighted by molar-refractivity contribution is 6.30. The molecule has 0 aliphatic carbocycles. The first kappa shape index (κ1) is 18.1. The van der Waals surface area contributed by atoms with Gasteiger partial charge in [0.2, 0.25) is 0 Å². The molecule has 2 aromatic carbocycles. The summed E-state index contributed by atoms with van der Waals surface area (Å²) < 4.78 is 1.85. The predicted molar refractivity (Wildman–Crippen MR) is 108 cm³/mol. The summed E-state index contributed by atoms with van der Waals surface area (Å²) >= 11 is 5.96. The number of carbonyl (C=O) groups is 1. The Morgan fingerprint density at radius 3 is 2.54 bits per heavy atom. The third-order valence-electron chi connectivity index (χ3n) is 4.43. The Hall–Kier alpha value is -3.25. The summed E-state index contributed by atoms with van der Waals surface area (Å²) in [4.78, 5) is 20.7. The Balaban J connectivity index is 1.53. The number of hydrogen-bond acceptors (Lipinski definition) is 4. The van der Waals surface area contributed by atoms with Crippen LogP contribution in [0.3, 0.4) is 0 Å². The van der Waals surface area contributed by atoms with Crippen LogP contribution in [0.1, 0.15) is 21.6 Å². The topological polar surface area (TPSA) is 72.7 Å². The molecule has 0 atom stereocenters. The Morgan fingerprint density at radius 1 is 1.00 bits per heavy atom. The van der Waals surface area contributed by atoms with Crippen LogP contribution in [0, 0.1) is 0 Å². The molecule has 0 aliphatic heterocycles. The van der Waals surface area contributed by atoms with E-state index in [4.69, 9.17) is 11.6 Å². The van der Waals surface area contributed by atoms with Crippen molar-refractivity contribution in [1.82, 2.24) is 25.1 Å². The molecule has 4 aromatic rings. The third kappa shape index (κ3) is 4.02. The largest absolute Gasteiger partial charge is 0.350 e. The van der Waals surface area contributed by atoms with Crippen molar-refractivity contribution >= 4 is 28.4 Å². The lowest BCUT2D eigenvalue weighted by molar-refractivity contribution is 0.0950. The van der Waals surface area contributed by atoms with Gasteiger partial charge in [0, 0.05) is 29.3 Å². The number of para-hydroxylation sites is 1. The molecule has 0 saturated carbocycles. The fourth-order valence-corrected chi connectivity index (χ4v) is 3.17. The maximum atomic E-state index is 12.7. The van der Waals surface area contributed by atoms with Crippen molar-refractivity contribution in [3.8, 4) is 0 Å². The van der Waals surface area contributed by atoms with Gasteiger partial charge in [0.25, 0.3) is 5.91 Å². The standard InChI is InChI=1S/C21H18ClN5O/c22-17-7-5-15(6-8-17)13-27-19-4-2-1-3-18(19)20(26-27)21(28)25-10-9-16-11-23-14-24-12-16/h1-8,11-12,14H,9-10,13H2,(H,25,28). The highest BCUT2D eigenvalue weighted by Crippen LogP contribution is 2.20. The zero-order valence-electron chi connectivity index (χ0n) is 15.0. The minimum absolute atomic E-state index is 0.192. The molecule has 1 amide bonds. The van der Waals surface area contributed by atoms with Gasteiger partial charge in [-0.1, -0.05) is 41.9 Å².